The van der Waals surface area contributed by atoms with Gasteiger partial charge in [-0.3, -0.25) is 0 Å². The number of rotatable bonds is 8. The van der Waals surface area contributed by atoms with Crippen LogP contribution in [0.3, 0.4) is 0 Å². The Bertz CT molecular complexity index is 1220. The lowest BCUT2D eigenvalue weighted by atomic mass is 10.2. The minimum Gasteiger partial charge on any atom is -0.493 e. The summed E-state index contributed by atoms with van der Waals surface area (Å²) in [6.07, 6.45) is 0. The largest absolute Gasteiger partial charge is 0.493 e. The molecule has 0 aliphatic carbocycles. The van der Waals surface area contributed by atoms with Crippen molar-refractivity contribution in [1.82, 2.24) is 13.9 Å². The second-order valence-electron chi connectivity index (χ2n) is 6.86. The number of carbonyl (C=O) groups excluding carboxylic acids is 1. The molecule has 1 aromatic heterocycles. The van der Waals surface area contributed by atoms with Crippen LogP contribution in [0, 0.1) is 0 Å². The summed E-state index contributed by atoms with van der Waals surface area (Å²) in [7, 11) is 2.38. The summed E-state index contributed by atoms with van der Waals surface area (Å²) in [6, 6.07) is 9.54. The van der Waals surface area contributed by atoms with Gasteiger partial charge in [0.25, 0.3) is 0 Å². The quantitative estimate of drug-likeness (QED) is 0.490. The lowest BCUT2D eigenvalue weighted by Gasteiger charge is -2.11. The van der Waals surface area contributed by atoms with Crippen LogP contribution in [0.5, 0.6) is 11.5 Å². The van der Waals surface area contributed by atoms with Crippen molar-refractivity contribution in [3.8, 4) is 11.5 Å². The molecule has 0 aliphatic rings. The fraction of sp³-hybridized carbons (Fsp3) is 0.333. The van der Waals surface area contributed by atoms with Gasteiger partial charge in [0.2, 0.25) is 10.0 Å². The number of carbonyl (C=O) groups is 1. The molecule has 0 saturated heterocycles. The van der Waals surface area contributed by atoms with E-state index in [1.165, 1.54) is 34.4 Å². The highest BCUT2D eigenvalue weighted by Gasteiger charge is 2.20. The van der Waals surface area contributed by atoms with E-state index in [4.69, 9.17) is 14.2 Å². The maximum absolute atomic E-state index is 12.5. The summed E-state index contributed by atoms with van der Waals surface area (Å²) < 4.78 is 43.7. The van der Waals surface area contributed by atoms with Crippen LogP contribution < -0.4 is 9.47 Å². The summed E-state index contributed by atoms with van der Waals surface area (Å²) >= 11 is 0. The third-order valence-corrected chi connectivity index (χ3v) is 6.66. The average Bonchev–Trinajstić information content (AvgIpc) is 3.13. The Morgan fingerprint density at radius 2 is 1.77 bits per heavy atom. The molecule has 166 valence electrons. The Labute approximate surface area is 181 Å². The minimum atomic E-state index is -3.58. The Morgan fingerprint density at radius 1 is 1.06 bits per heavy atom. The molecule has 2 aromatic carbocycles. The van der Waals surface area contributed by atoms with Crippen molar-refractivity contribution in [2.24, 2.45) is 0 Å². The smallest absolute Gasteiger partial charge is 0.338 e. The van der Waals surface area contributed by atoms with E-state index in [2.05, 4.69) is 4.98 Å². The first-order valence-corrected chi connectivity index (χ1v) is 11.0. The van der Waals surface area contributed by atoms with Gasteiger partial charge in [0, 0.05) is 20.6 Å². The number of benzene rings is 2. The first kappa shape index (κ1) is 22.6. The molecule has 9 nitrogen and oxygen atoms in total. The molecule has 0 saturated carbocycles. The second-order valence-corrected chi connectivity index (χ2v) is 9.01. The summed E-state index contributed by atoms with van der Waals surface area (Å²) in [5.41, 5.74) is 1.59. The number of esters is 1. The van der Waals surface area contributed by atoms with Gasteiger partial charge in [-0.2, -0.15) is 0 Å². The average molecular weight is 448 g/mol. The molecule has 0 aliphatic heterocycles. The van der Waals surface area contributed by atoms with E-state index in [-0.39, 0.29) is 11.5 Å². The maximum Gasteiger partial charge on any atom is 0.338 e. The van der Waals surface area contributed by atoms with Crippen molar-refractivity contribution in [1.29, 1.82) is 0 Å². The van der Waals surface area contributed by atoms with Crippen molar-refractivity contribution in [2.45, 2.75) is 25.0 Å². The Balaban J connectivity index is 1.87. The summed E-state index contributed by atoms with van der Waals surface area (Å²) in [5, 5.41) is 0. The molecule has 0 spiro atoms. The number of hydrogen-bond acceptors (Lipinski definition) is 7. The van der Waals surface area contributed by atoms with Gasteiger partial charge in [0.05, 0.1) is 35.7 Å². The number of aromatic nitrogens is 2. The highest BCUT2D eigenvalue weighted by Crippen LogP contribution is 2.28. The molecule has 0 atom stereocenters. The second kappa shape index (κ2) is 8.94. The highest BCUT2D eigenvalue weighted by molar-refractivity contribution is 7.89. The number of sulfonamides is 1. The first-order chi connectivity index (χ1) is 14.7. The monoisotopic (exact) mass is 447 g/mol. The zero-order valence-electron chi connectivity index (χ0n) is 18.1. The molecular formula is C21H25N3O6S. The van der Waals surface area contributed by atoms with Crippen LogP contribution >= 0.6 is 0 Å². The summed E-state index contributed by atoms with van der Waals surface area (Å²) in [4.78, 5) is 17.2. The van der Waals surface area contributed by atoms with Crippen LogP contribution in [-0.2, 0) is 27.9 Å². The topological polar surface area (TPSA) is 100.0 Å². The molecule has 0 bridgehead atoms. The fourth-order valence-electron chi connectivity index (χ4n) is 3.17. The third kappa shape index (κ3) is 4.35. The maximum atomic E-state index is 12.5. The van der Waals surface area contributed by atoms with Crippen LogP contribution in [-0.4, -0.2) is 56.6 Å². The van der Waals surface area contributed by atoms with Gasteiger partial charge in [-0.1, -0.05) is 0 Å². The van der Waals surface area contributed by atoms with Gasteiger partial charge in [0.1, 0.15) is 12.4 Å². The first-order valence-electron chi connectivity index (χ1n) is 9.53. The van der Waals surface area contributed by atoms with E-state index in [0.29, 0.717) is 34.9 Å². The van der Waals surface area contributed by atoms with Gasteiger partial charge in [0.15, 0.2) is 11.5 Å². The van der Waals surface area contributed by atoms with Crippen molar-refractivity contribution >= 4 is 27.0 Å². The lowest BCUT2D eigenvalue weighted by Crippen LogP contribution is -2.22. The van der Waals surface area contributed by atoms with Crippen LogP contribution in [0.1, 0.15) is 23.1 Å². The van der Waals surface area contributed by atoms with E-state index in [1.807, 2.05) is 11.5 Å². The summed E-state index contributed by atoms with van der Waals surface area (Å²) in [5.74, 6) is 0.917. The Morgan fingerprint density at radius 3 is 2.39 bits per heavy atom. The standard InChI is InChI=1S/C21H25N3O6S/c1-6-24-17-9-8-15(31(26,27)23(2)3)12-16(17)22-20(24)13-30-21(25)14-7-10-18(28-4)19(11-14)29-5/h7-12H,6,13H2,1-5H3. The van der Waals surface area contributed by atoms with E-state index in [9.17, 15) is 13.2 Å². The molecule has 0 N–H and O–H groups in total. The van der Waals surface area contributed by atoms with Gasteiger partial charge in [-0.05, 0) is 43.3 Å². The van der Waals surface area contributed by atoms with E-state index >= 15 is 0 Å². The fourth-order valence-corrected chi connectivity index (χ4v) is 4.09. The molecule has 3 aromatic rings. The number of ether oxygens (including phenoxy) is 3. The molecule has 0 amide bonds. The lowest BCUT2D eigenvalue weighted by molar-refractivity contribution is 0.0458. The van der Waals surface area contributed by atoms with Gasteiger partial charge in [-0.15, -0.1) is 0 Å². The van der Waals surface area contributed by atoms with Crippen LogP contribution in [0.2, 0.25) is 0 Å². The molecule has 1 heterocycles. The zero-order valence-corrected chi connectivity index (χ0v) is 18.9. The Hall–Kier alpha value is -3.11. The van der Waals surface area contributed by atoms with Crippen molar-refractivity contribution in [3.05, 3.63) is 47.8 Å². The molecule has 0 unspecified atom stereocenters. The van der Waals surface area contributed by atoms with Crippen molar-refractivity contribution in [3.63, 3.8) is 0 Å². The molecule has 3 rings (SSSR count). The van der Waals surface area contributed by atoms with Crippen LogP contribution in [0.4, 0.5) is 0 Å². The van der Waals surface area contributed by atoms with Gasteiger partial charge >= 0.3 is 5.97 Å². The zero-order chi connectivity index (χ0) is 22.8. The molecule has 0 radical (unpaired) electrons. The SMILES string of the molecule is CCn1c(COC(=O)c2ccc(OC)c(OC)c2)nc2cc(S(=O)(=O)N(C)C)ccc21. The number of nitrogens with zero attached hydrogens (tertiary/aromatic N) is 3. The third-order valence-electron chi connectivity index (χ3n) is 4.85. The molecule has 0 fully saturated rings. The number of imidazole rings is 1. The predicted octanol–water partition coefficient (Wildman–Crippen LogP) is 2.68. The summed E-state index contributed by atoms with van der Waals surface area (Å²) in [6.45, 7) is 2.45. The number of hydrogen-bond donors (Lipinski definition) is 0. The van der Waals surface area contributed by atoms with Gasteiger partial charge in [-0.25, -0.2) is 22.5 Å². The number of methoxy groups -OCH3 is 2. The highest BCUT2D eigenvalue weighted by atomic mass is 32.2. The van der Waals surface area contributed by atoms with E-state index in [1.54, 1.807) is 30.3 Å². The number of fused-ring (bicyclic) bond motifs is 1. The van der Waals surface area contributed by atoms with E-state index < -0.39 is 16.0 Å². The van der Waals surface area contributed by atoms with Crippen LogP contribution in [0.25, 0.3) is 11.0 Å². The normalized spacial score (nSPS) is 11.7. The van der Waals surface area contributed by atoms with E-state index in [0.717, 1.165) is 9.82 Å². The Kier molecular flexibility index (Phi) is 6.51. The minimum absolute atomic E-state index is 0.0640. The molecule has 10 heteroatoms. The van der Waals surface area contributed by atoms with Crippen molar-refractivity contribution in [2.75, 3.05) is 28.3 Å². The van der Waals surface area contributed by atoms with Crippen LogP contribution in [0.15, 0.2) is 41.3 Å². The molecule has 31 heavy (non-hydrogen) atoms. The molecular weight excluding hydrogens is 422 g/mol. The van der Waals surface area contributed by atoms with Gasteiger partial charge < -0.3 is 18.8 Å². The number of aryl methyl sites for hydroxylation is 1. The predicted molar refractivity (Wildman–Crippen MR) is 115 cm³/mol. The van der Waals surface area contributed by atoms with Crippen molar-refractivity contribution < 1.29 is 27.4 Å².